The van der Waals surface area contributed by atoms with Gasteiger partial charge in [-0.15, -0.1) is 0 Å². The highest BCUT2D eigenvalue weighted by molar-refractivity contribution is 14.1. The maximum absolute atomic E-state index is 12.5. The molecule has 1 amide bonds. The van der Waals surface area contributed by atoms with Crippen molar-refractivity contribution in [2.75, 3.05) is 16.4 Å². The van der Waals surface area contributed by atoms with Crippen LogP contribution in [-0.4, -0.2) is 42.3 Å². The van der Waals surface area contributed by atoms with Gasteiger partial charge in [0, 0.05) is 14.5 Å². The van der Waals surface area contributed by atoms with Crippen LogP contribution in [0.4, 0.5) is 5.69 Å². The molecule has 5 nitrogen and oxygen atoms in total. The average Bonchev–Trinajstić information content (AvgIpc) is 3.06. The van der Waals surface area contributed by atoms with Gasteiger partial charge >= 0.3 is 0 Å². The Morgan fingerprint density at radius 1 is 1.15 bits per heavy atom. The number of carbonyl (C=O) groups excluding carboxylic acids is 1. The second-order valence-corrected chi connectivity index (χ2v) is 11.2. The lowest BCUT2D eigenvalue weighted by atomic mass is 10.1. The Bertz CT molecular complexity index is 1010. The third-order valence-corrected chi connectivity index (χ3v) is 8.45. The van der Waals surface area contributed by atoms with Gasteiger partial charge in [-0.1, -0.05) is 48.2 Å². The fraction of sp³-hybridized carbons (Fsp3) is 0.263. The van der Waals surface area contributed by atoms with Gasteiger partial charge in [0.1, 0.15) is 0 Å². The highest BCUT2D eigenvalue weighted by Gasteiger charge is 2.49. The Kier molecular flexibility index (Phi) is 5.30. The number of hydrogen-bond donors (Lipinski definition) is 0. The van der Waals surface area contributed by atoms with Gasteiger partial charge in [0.05, 0.1) is 24.0 Å². The number of sulfone groups is 1. The lowest BCUT2D eigenvalue weighted by molar-refractivity contribution is -0.117. The molecule has 0 N–H and O–H groups in total. The summed E-state index contributed by atoms with van der Waals surface area (Å²) in [5.74, 6) is 0.0126. The minimum absolute atomic E-state index is 0.0869. The van der Waals surface area contributed by atoms with E-state index in [1.165, 1.54) is 11.8 Å². The van der Waals surface area contributed by atoms with Gasteiger partial charge in [-0.05, 0) is 46.4 Å². The smallest absolute Gasteiger partial charge is 0.252 e. The van der Waals surface area contributed by atoms with Crippen LogP contribution in [0.15, 0.2) is 59.6 Å². The van der Waals surface area contributed by atoms with Crippen LogP contribution >= 0.6 is 34.4 Å². The monoisotopic (exact) mass is 512 g/mol. The molecule has 0 aliphatic carbocycles. The van der Waals surface area contributed by atoms with Crippen LogP contribution in [0.5, 0.6) is 0 Å². The Morgan fingerprint density at radius 3 is 2.67 bits per heavy atom. The summed E-state index contributed by atoms with van der Waals surface area (Å²) in [4.78, 5) is 18.8. The zero-order chi connectivity index (χ0) is 19.0. The van der Waals surface area contributed by atoms with E-state index in [2.05, 4.69) is 27.6 Å². The standard InChI is InChI=1S/C19H17IN2O3S2/c20-14-7-4-8-15(10-14)22-16-11-27(24,25)12-17(16)26-19(22)21-18(23)9-13-5-2-1-3-6-13/h1-8,10,16-17H,9,11-12H2/t16-,17-/m0/s1. The molecule has 2 aliphatic rings. The molecule has 140 valence electrons. The quantitative estimate of drug-likeness (QED) is 0.592. The molecule has 2 aromatic rings. The number of fused-ring (bicyclic) bond motifs is 1. The zero-order valence-electron chi connectivity index (χ0n) is 14.3. The first-order valence-electron chi connectivity index (χ1n) is 8.49. The number of hydrogen-bond acceptors (Lipinski definition) is 4. The van der Waals surface area contributed by atoms with Crippen LogP contribution < -0.4 is 4.90 Å². The molecule has 2 aromatic carbocycles. The number of rotatable bonds is 3. The van der Waals surface area contributed by atoms with Crippen molar-refractivity contribution in [3.8, 4) is 0 Å². The minimum Gasteiger partial charge on any atom is -0.316 e. The van der Waals surface area contributed by atoms with E-state index in [4.69, 9.17) is 0 Å². The number of thioether (sulfide) groups is 1. The summed E-state index contributed by atoms with van der Waals surface area (Å²) in [6.07, 6.45) is 0.235. The van der Waals surface area contributed by atoms with Crippen LogP contribution in [0.25, 0.3) is 0 Å². The topological polar surface area (TPSA) is 66.8 Å². The van der Waals surface area contributed by atoms with E-state index in [0.29, 0.717) is 5.17 Å². The van der Waals surface area contributed by atoms with Crippen molar-refractivity contribution in [3.63, 3.8) is 0 Å². The van der Waals surface area contributed by atoms with E-state index in [9.17, 15) is 13.2 Å². The third kappa shape index (κ3) is 4.22. The molecule has 2 heterocycles. The fourth-order valence-corrected chi connectivity index (χ4v) is 7.87. The van der Waals surface area contributed by atoms with E-state index >= 15 is 0 Å². The largest absolute Gasteiger partial charge is 0.316 e. The molecule has 0 saturated carbocycles. The molecule has 2 fully saturated rings. The van der Waals surface area contributed by atoms with Crippen molar-refractivity contribution in [2.24, 2.45) is 4.99 Å². The van der Waals surface area contributed by atoms with Gasteiger partial charge in [-0.2, -0.15) is 4.99 Å². The molecule has 27 heavy (non-hydrogen) atoms. The molecule has 0 spiro atoms. The van der Waals surface area contributed by atoms with E-state index in [1.54, 1.807) is 0 Å². The van der Waals surface area contributed by atoms with Gasteiger partial charge in [-0.3, -0.25) is 4.79 Å². The predicted octanol–water partition coefficient (Wildman–Crippen LogP) is 3.14. The Labute approximate surface area is 176 Å². The third-order valence-electron chi connectivity index (χ3n) is 4.57. The van der Waals surface area contributed by atoms with Crippen LogP contribution in [0.3, 0.4) is 0 Å². The van der Waals surface area contributed by atoms with Crippen molar-refractivity contribution >= 4 is 61.0 Å². The van der Waals surface area contributed by atoms with E-state index in [1.807, 2.05) is 59.5 Å². The summed E-state index contributed by atoms with van der Waals surface area (Å²) in [7, 11) is -3.06. The van der Waals surface area contributed by atoms with Crippen molar-refractivity contribution in [1.29, 1.82) is 0 Å². The van der Waals surface area contributed by atoms with Crippen molar-refractivity contribution in [1.82, 2.24) is 0 Å². The second kappa shape index (κ2) is 7.56. The van der Waals surface area contributed by atoms with Crippen LogP contribution in [0, 0.1) is 3.57 Å². The molecule has 4 rings (SSSR count). The second-order valence-electron chi connectivity index (χ2n) is 6.60. The highest BCUT2D eigenvalue weighted by atomic mass is 127. The number of anilines is 1. The number of carbonyl (C=O) groups is 1. The number of nitrogens with zero attached hydrogens (tertiary/aromatic N) is 2. The first-order valence-corrected chi connectivity index (χ1v) is 12.3. The van der Waals surface area contributed by atoms with Gasteiger partial charge in [0.25, 0.3) is 5.91 Å². The van der Waals surface area contributed by atoms with E-state index < -0.39 is 9.84 Å². The number of aliphatic imine (C=N–C) groups is 1. The summed E-state index contributed by atoms with van der Waals surface area (Å²) in [6, 6.07) is 17.2. The fourth-order valence-electron chi connectivity index (χ4n) is 3.41. The summed E-state index contributed by atoms with van der Waals surface area (Å²) >= 11 is 3.63. The molecular formula is C19H17IN2O3S2. The number of benzene rings is 2. The van der Waals surface area contributed by atoms with Crippen molar-refractivity contribution in [2.45, 2.75) is 17.7 Å². The molecule has 0 radical (unpaired) electrons. The molecule has 0 bridgehead atoms. The molecule has 0 aromatic heterocycles. The average molecular weight is 512 g/mol. The van der Waals surface area contributed by atoms with Crippen LogP contribution in [-0.2, 0) is 21.1 Å². The molecule has 2 saturated heterocycles. The first-order chi connectivity index (χ1) is 12.9. The predicted molar refractivity (Wildman–Crippen MR) is 118 cm³/mol. The van der Waals surface area contributed by atoms with Gasteiger partial charge in [-0.25, -0.2) is 8.42 Å². The lowest BCUT2D eigenvalue weighted by Crippen LogP contribution is -2.37. The first kappa shape index (κ1) is 18.9. The van der Waals surface area contributed by atoms with Crippen LogP contribution in [0.1, 0.15) is 5.56 Å². The van der Waals surface area contributed by atoms with E-state index in [-0.39, 0.29) is 35.1 Å². The van der Waals surface area contributed by atoms with Gasteiger partial charge in [0.15, 0.2) is 15.0 Å². The molecule has 2 atom stereocenters. The molecular weight excluding hydrogens is 495 g/mol. The maximum Gasteiger partial charge on any atom is 0.252 e. The lowest BCUT2D eigenvalue weighted by Gasteiger charge is -2.24. The van der Waals surface area contributed by atoms with E-state index in [0.717, 1.165) is 14.8 Å². The SMILES string of the molecule is O=C(Cc1ccccc1)N=C1S[C@H]2CS(=O)(=O)C[C@@H]2N1c1cccc(I)c1. The Hall–Kier alpha value is -1.39. The van der Waals surface area contributed by atoms with Crippen molar-refractivity contribution < 1.29 is 13.2 Å². The summed E-state index contributed by atoms with van der Waals surface area (Å²) in [6.45, 7) is 0. The normalized spacial score (nSPS) is 24.9. The molecule has 0 unspecified atom stereocenters. The number of amidine groups is 1. The summed E-state index contributed by atoms with van der Waals surface area (Å²) in [5, 5.41) is 0.513. The number of halogens is 1. The highest BCUT2D eigenvalue weighted by Crippen LogP contribution is 2.41. The Morgan fingerprint density at radius 2 is 1.93 bits per heavy atom. The van der Waals surface area contributed by atoms with Crippen LogP contribution in [0.2, 0.25) is 0 Å². The zero-order valence-corrected chi connectivity index (χ0v) is 18.1. The summed E-state index contributed by atoms with van der Waals surface area (Å²) < 4.78 is 25.3. The minimum atomic E-state index is -3.06. The van der Waals surface area contributed by atoms with Gasteiger partial charge in [0.2, 0.25) is 0 Å². The van der Waals surface area contributed by atoms with Crippen molar-refractivity contribution in [3.05, 3.63) is 63.7 Å². The Balaban J connectivity index is 1.65. The summed E-state index contributed by atoms with van der Waals surface area (Å²) in [5.41, 5.74) is 1.80. The molecule has 8 heteroatoms. The number of amides is 1. The molecule has 2 aliphatic heterocycles. The van der Waals surface area contributed by atoms with Gasteiger partial charge < -0.3 is 4.90 Å². The maximum atomic E-state index is 12.5.